The molecule has 0 aromatic heterocycles. The molecule has 0 aliphatic heterocycles. The molecule has 0 aliphatic rings. The van der Waals surface area contributed by atoms with E-state index < -0.39 is 11.7 Å². The summed E-state index contributed by atoms with van der Waals surface area (Å²) in [7, 11) is 0. The molecule has 0 bridgehead atoms. The number of hydrogen-bond donors (Lipinski definition) is 1. The molecule has 0 saturated heterocycles. The van der Waals surface area contributed by atoms with Gasteiger partial charge in [0.15, 0.2) is 6.29 Å². The zero-order valence-corrected chi connectivity index (χ0v) is 9.74. The SMILES string of the molecule is Nc1c(-c2ccccc2C=O)cccc1C(F)(F)F. The smallest absolute Gasteiger partial charge is 0.398 e. The molecule has 0 spiro atoms. The molecule has 0 unspecified atom stereocenters. The van der Waals surface area contributed by atoms with Crippen LogP contribution in [-0.4, -0.2) is 6.29 Å². The van der Waals surface area contributed by atoms with Gasteiger partial charge in [0.05, 0.1) is 11.3 Å². The minimum atomic E-state index is -4.52. The molecule has 0 fully saturated rings. The highest BCUT2D eigenvalue weighted by Gasteiger charge is 2.33. The Balaban J connectivity index is 2.67. The van der Waals surface area contributed by atoms with Gasteiger partial charge in [0.2, 0.25) is 0 Å². The summed E-state index contributed by atoms with van der Waals surface area (Å²) in [5.41, 5.74) is 5.22. The maximum absolute atomic E-state index is 12.8. The first-order valence-corrected chi connectivity index (χ1v) is 5.45. The average Bonchev–Trinajstić information content (AvgIpc) is 2.37. The molecule has 2 aromatic carbocycles. The Morgan fingerprint density at radius 3 is 2.21 bits per heavy atom. The molecule has 0 radical (unpaired) electrons. The van der Waals surface area contributed by atoms with E-state index in [9.17, 15) is 18.0 Å². The fourth-order valence-electron chi connectivity index (χ4n) is 1.89. The van der Waals surface area contributed by atoms with Crippen molar-refractivity contribution in [1.29, 1.82) is 0 Å². The standard InChI is InChI=1S/C14H10F3NO/c15-14(16,17)12-7-3-6-11(13(12)18)10-5-2-1-4-9(10)8-19/h1-8H,18H2. The van der Waals surface area contributed by atoms with Crippen LogP contribution < -0.4 is 5.73 Å². The van der Waals surface area contributed by atoms with Crippen LogP contribution in [0.25, 0.3) is 11.1 Å². The molecule has 98 valence electrons. The lowest BCUT2D eigenvalue weighted by molar-refractivity contribution is -0.136. The summed E-state index contributed by atoms with van der Waals surface area (Å²) in [4.78, 5) is 10.9. The number of alkyl halides is 3. The lowest BCUT2D eigenvalue weighted by atomic mass is 9.96. The van der Waals surface area contributed by atoms with Crippen molar-refractivity contribution >= 4 is 12.0 Å². The first-order chi connectivity index (χ1) is 8.95. The number of halogens is 3. The topological polar surface area (TPSA) is 43.1 Å². The second-order valence-electron chi connectivity index (χ2n) is 3.97. The number of para-hydroxylation sites is 1. The molecule has 5 heteroatoms. The average molecular weight is 265 g/mol. The van der Waals surface area contributed by atoms with E-state index in [2.05, 4.69) is 0 Å². The van der Waals surface area contributed by atoms with Crippen LogP contribution in [0.1, 0.15) is 15.9 Å². The number of benzene rings is 2. The fraction of sp³-hybridized carbons (Fsp3) is 0.0714. The Hall–Kier alpha value is -2.30. The van der Waals surface area contributed by atoms with Crippen molar-refractivity contribution in [2.24, 2.45) is 0 Å². The van der Waals surface area contributed by atoms with E-state index in [1.165, 1.54) is 18.2 Å². The van der Waals surface area contributed by atoms with Crippen molar-refractivity contribution in [2.75, 3.05) is 5.73 Å². The normalized spacial score (nSPS) is 11.3. The van der Waals surface area contributed by atoms with Crippen molar-refractivity contribution in [1.82, 2.24) is 0 Å². The van der Waals surface area contributed by atoms with Crippen molar-refractivity contribution < 1.29 is 18.0 Å². The van der Waals surface area contributed by atoms with Gasteiger partial charge in [-0.25, -0.2) is 0 Å². The third-order valence-electron chi connectivity index (χ3n) is 2.79. The van der Waals surface area contributed by atoms with E-state index in [0.29, 0.717) is 17.4 Å². The molecule has 0 saturated carbocycles. The van der Waals surface area contributed by atoms with Gasteiger partial charge in [-0.3, -0.25) is 4.79 Å². The second-order valence-corrected chi connectivity index (χ2v) is 3.97. The predicted octanol–water partition coefficient (Wildman–Crippen LogP) is 3.77. The van der Waals surface area contributed by atoms with Crippen LogP contribution in [0.2, 0.25) is 0 Å². The van der Waals surface area contributed by atoms with Crippen molar-refractivity contribution in [3.8, 4) is 11.1 Å². The van der Waals surface area contributed by atoms with Crippen LogP contribution in [0.4, 0.5) is 18.9 Å². The number of nitrogens with two attached hydrogens (primary N) is 1. The number of nitrogen functional groups attached to an aromatic ring is 1. The second kappa shape index (κ2) is 4.76. The maximum Gasteiger partial charge on any atom is 0.418 e. The first-order valence-electron chi connectivity index (χ1n) is 5.45. The van der Waals surface area contributed by atoms with Gasteiger partial charge in [0.1, 0.15) is 0 Å². The number of anilines is 1. The van der Waals surface area contributed by atoms with Crippen molar-refractivity contribution in [2.45, 2.75) is 6.18 Å². The van der Waals surface area contributed by atoms with Gasteiger partial charge < -0.3 is 5.73 Å². The van der Waals surface area contributed by atoms with Crippen LogP contribution >= 0.6 is 0 Å². The molecular weight excluding hydrogens is 255 g/mol. The Kier molecular flexibility index (Phi) is 3.29. The molecule has 2 rings (SSSR count). The third kappa shape index (κ3) is 2.45. The summed E-state index contributed by atoms with van der Waals surface area (Å²) in [6, 6.07) is 10.0. The van der Waals surface area contributed by atoms with Crippen LogP contribution in [-0.2, 0) is 6.18 Å². The lowest BCUT2D eigenvalue weighted by Gasteiger charge is -2.14. The van der Waals surface area contributed by atoms with E-state index >= 15 is 0 Å². The van der Waals surface area contributed by atoms with E-state index in [1.807, 2.05) is 0 Å². The Morgan fingerprint density at radius 1 is 0.947 bits per heavy atom. The number of aldehydes is 1. The molecule has 2 N–H and O–H groups in total. The summed E-state index contributed by atoms with van der Waals surface area (Å²) >= 11 is 0. The summed E-state index contributed by atoms with van der Waals surface area (Å²) in [6.45, 7) is 0. The highest BCUT2D eigenvalue weighted by molar-refractivity contribution is 5.91. The highest BCUT2D eigenvalue weighted by atomic mass is 19.4. The van der Waals surface area contributed by atoms with Crippen molar-refractivity contribution in [3.05, 3.63) is 53.6 Å². The summed E-state index contributed by atoms with van der Waals surface area (Å²) in [5.74, 6) is 0. The van der Waals surface area contributed by atoms with Crippen LogP contribution in [0.3, 0.4) is 0 Å². The van der Waals surface area contributed by atoms with E-state index in [0.717, 1.165) is 6.07 Å². The van der Waals surface area contributed by atoms with Gasteiger partial charge in [-0.2, -0.15) is 13.2 Å². The zero-order valence-electron chi connectivity index (χ0n) is 9.74. The van der Waals surface area contributed by atoms with Crippen LogP contribution in [0.15, 0.2) is 42.5 Å². The van der Waals surface area contributed by atoms with Gasteiger partial charge >= 0.3 is 6.18 Å². The van der Waals surface area contributed by atoms with E-state index in [-0.39, 0.29) is 11.3 Å². The highest BCUT2D eigenvalue weighted by Crippen LogP contribution is 2.39. The minimum absolute atomic E-state index is 0.206. The molecule has 2 aromatic rings. The van der Waals surface area contributed by atoms with Gasteiger partial charge in [-0.15, -0.1) is 0 Å². The molecular formula is C14H10F3NO. The number of hydrogen-bond acceptors (Lipinski definition) is 2. The molecule has 0 aliphatic carbocycles. The Labute approximate surface area is 107 Å². The van der Waals surface area contributed by atoms with Crippen molar-refractivity contribution in [3.63, 3.8) is 0 Å². The third-order valence-corrected chi connectivity index (χ3v) is 2.79. The van der Waals surface area contributed by atoms with Crippen LogP contribution in [0.5, 0.6) is 0 Å². The van der Waals surface area contributed by atoms with Gasteiger partial charge in [0, 0.05) is 11.1 Å². The minimum Gasteiger partial charge on any atom is -0.398 e. The monoisotopic (exact) mass is 265 g/mol. The fourth-order valence-corrected chi connectivity index (χ4v) is 1.89. The maximum atomic E-state index is 12.8. The molecule has 0 amide bonds. The number of carbonyl (C=O) groups is 1. The van der Waals surface area contributed by atoms with Crippen LogP contribution in [0, 0.1) is 0 Å². The van der Waals surface area contributed by atoms with E-state index in [4.69, 9.17) is 5.73 Å². The Morgan fingerprint density at radius 2 is 1.58 bits per heavy atom. The first kappa shape index (κ1) is 13.1. The quantitative estimate of drug-likeness (QED) is 0.663. The molecule has 0 heterocycles. The Bertz CT molecular complexity index is 620. The largest absolute Gasteiger partial charge is 0.418 e. The molecule has 0 atom stereocenters. The summed E-state index contributed by atoms with van der Waals surface area (Å²) in [6.07, 6.45) is -3.93. The molecule has 2 nitrogen and oxygen atoms in total. The van der Waals surface area contributed by atoms with Gasteiger partial charge in [-0.05, 0) is 11.6 Å². The molecule has 19 heavy (non-hydrogen) atoms. The predicted molar refractivity (Wildman–Crippen MR) is 66.7 cm³/mol. The summed E-state index contributed by atoms with van der Waals surface area (Å²) < 4.78 is 38.3. The van der Waals surface area contributed by atoms with E-state index in [1.54, 1.807) is 18.2 Å². The summed E-state index contributed by atoms with van der Waals surface area (Å²) in [5, 5.41) is 0. The van der Waals surface area contributed by atoms with Gasteiger partial charge in [0.25, 0.3) is 0 Å². The lowest BCUT2D eigenvalue weighted by Crippen LogP contribution is -2.09. The van der Waals surface area contributed by atoms with Gasteiger partial charge in [-0.1, -0.05) is 36.4 Å². The number of carbonyl (C=O) groups excluding carboxylic acids is 1. The number of rotatable bonds is 2. The zero-order chi connectivity index (χ0) is 14.0.